The van der Waals surface area contributed by atoms with E-state index in [9.17, 15) is 0 Å². The van der Waals surface area contributed by atoms with Gasteiger partial charge in [0.05, 0.1) is 17.3 Å². The number of anilines is 3. The van der Waals surface area contributed by atoms with Gasteiger partial charge in [-0.05, 0) is 60.7 Å². The molecule has 0 unspecified atom stereocenters. The number of hydrogen-bond acceptors (Lipinski definition) is 2. The van der Waals surface area contributed by atoms with Crippen LogP contribution in [0.5, 0.6) is 0 Å². The van der Waals surface area contributed by atoms with Crippen LogP contribution in [0.1, 0.15) is 0 Å². The predicted molar refractivity (Wildman–Crippen MR) is 145 cm³/mol. The van der Waals surface area contributed by atoms with Crippen LogP contribution >= 0.6 is 0 Å². The molecule has 7 aromatic rings. The summed E-state index contributed by atoms with van der Waals surface area (Å²) >= 11 is 0. The summed E-state index contributed by atoms with van der Waals surface area (Å²) in [4.78, 5) is 2.28. The highest BCUT2D eigenvalue weighted by atomic mass is 16.3. The molecule has 0 fully saturated rings. The zero-order valence-corrected chi connectivity index (χ0v) is 19.0. The summed E-state index contributed by atoms with van der Waals surface area (Å²) in [6.45, 7) is 0. The first-order valence-corrected chi connectivity index (χ1v) is 11.8. The third-order valence-electron chi connectivity index (χ3n) is 6.65. The summed E-state index contributed by atoms with van der Waals surface area (Å²) in [6.07, 6.45) is 1.77. The third kappa shape index (κ3) is 3.13. The Morgan fingerprint density at radius 2 is 1.14 bits per heavy atom. The van der Waals surface area contributed by atoms with E-state index in [1.54, 1.807) is 6.26 Å². The quantitative estimate of drug-likeness (QED) is 0.267. The summed E-state index contributed by atoms with van der Waals surface area (Å²) < 4.78 is 8.29. The fourth-order valence-electron chi connectivity index (χ4n) is 5.09. The van der Waals surface area contributed by atoms with Gasteiger partial charge < -0.3 is 13.9 Å². The van der Waals surface area contributed by atoms with Crippen molar-refractivity contribution in [3.05, 3.63) is 134 Å². The molecule has 0 spiro atoms. The smallest absolute Gasteiger partial charge is 0.158 e. The molecule has 166 valence electrons. The van der Waals surface area contributed by atoms with E-state index in [1.165, 1.54) is 16.3 Å². The number of rotatable bonds is 4. The number of fused-ring (bicyclic) bond motifs is 5. The zero-order chi connectivity index (χ0) is 23.2. The third-order valence-corrected chi connectivity index (χ3v) is 6.65. The highest BCUT2D eigenvalue weighted by Gasteiger charge is 2.17. The predicted octanol–water partition coefficient (Wildman–Crippen LogP) is 9.00. The monoisotopic (exact) mass is 450 g/mol. The van der Waals surface area contributed by atoms with E-state index in [0.717, 1.165) is 39.2 Å². The molecule has 0 N–H and O–H groups in total. The van der Waals surface area contributed by atoms with Gasteiger partial charge in [0, 0.05) is 38.9 Å². The maximum Gasteiger partial charge on any atom is 0.158 e. The van der Waals surface area contributed by atoms with Crippen molar-refractivity contribution in [3.8, 4) is 5.69 Å². The van der Waals surface area contributed by atoms with Crippen molar-refractivity contribution in [2.24, 2.45) is 0 Å². The Morgan fingerprint density at radius 3 is 1.86 bits per heavy atom. The maximum absolute atomic E-state index is 5.97. The van der Waals surface area contributed by atoms with Crippen LogP contribution in [0.25, 0.3) is 38.5 Å². The van der Waals surface area contributed by atoms with Crippen molar-refractivity contribution in [1.82, 2.24) is 4.57 Å². The lowest BCUT2D eigenvalue weighted by atomic mass is 10.1. The SMILES string of the molecule is c1ccc(N(c2ccccc2)c2ccc(-n3c4ccccc4c4ccc5ccoc5c43)cc2)cc1. The molecule has 35 heavy (non-hydrogen) atoms. The standard InChI is InChI=1S/C32H22N2O/c1-3-9-24(10-4-1)33(25-11-5-2-6-12-25)26-16-18-27(19-17-26)34-30-14-8-7-13-28(30)29-20-15-23-21-22-35-32(23)31(29)34/h1-22H. The van der Waals surface area contributed by atoms with E-state index < -0.39 is 0 Å². The van der Waals surface area contributed by atoms with Gasteiger partial charge in [0.2, 0.25) is 0 Å². The molecule has 2 heterocycles. The molecule has 0 aliphatic heterocycles. The molecule has 0 atom stereocenters. The fraction of sp³-hybridized carbons (Fsp3) is 0. The molecule has 0 amide bonds. The Balaban J connectivity index is 1.43. The normalized spacial score (nSPS) is 11.4. The van der Waals surface area contributed by atoms with Crippen LogP contribution in [0.3, 0.4) is 0 Å². The average molecular weight is 451 g/mol. The molecule has 0 saturated heterocycles. The van der Waals surface area contributed by atoms with Crippen molar-refractivity contribution >= 4 is 49.8 Å². The maximum atomic E-state index is 5.97. The van der Waals surface area contributed by atoms with Crippen molar-refractivity contribution < 1.29 is 4.42 Å². The second-order valence-corrected chi connectivity index (χ2v) is 8.68. The Morgan fingerprint density at radius 1 is 0.514 bits per heavy atom. The first kappa shape index (κ1) is 19.7. The first-order chi connectivity index (χ1) is 17.4. The van der Waals surface area contributed by atoms with E-state index in [2.05, 4.69) is 119 Å². The molecule has 0 saturated carbocycles. The average Bonchev–Trinajstić information content (AvgIpc) is 3.53. The molecule has 3 nitrogen and oxygen atoms in total. The minimum atomic E-state index is 0.915. The minimum absolute atomic E-state index is 0.915. The Hall–Kier alpha value is -4.76. The van der Waals surface area contributed by atoms with Crippen LogP contribution < -0.4 is 4.90 Å². The lowest BCUT2D eigenvalue weighted by Gasteiger charge is -2.25. The Bertz CT molecular complexity index is 1740. The second-order valence-electron chi connectivity index (χ2n) is 8.68. The number of nitrogens with zero attached hydrogens (tertiary/aromatic N) is 2. The fourth-order valence-corrected chi connectivity index (χ4v) is 5.09. The lowest BCUT2D eigenvalue weighted by molar-refractivity contribution is 0.618. The number of benzene rings is 5. The largest absolute Gasteiger partial charge is 0.462 e. The summed E-state index contributed by atoms with van der Waals surface area (Å²) in [6, 6.07) is 44.7. The van der Waals surface area contributed by atoms with Gasteiger partial charge in [-0.25, -0.2) is 0 Å². The van der Waals surface area contributed by atoms with Gasteiger partial charge in [-0.1, -0.05) is 66.7 Å². The van der Waals surface area contributed by atoms with E-state index in [-0.39, 0.29) is 0 Å². The lowest BCUT2D eigenvalue weighted by Crippen LogP contribution is -2.09. The van der Waals surface area contributed by atoms with Crippen LogP contribution in [-0.2, 0) is 0 Å². The van der Waals surface area contributed by atoms with Gasteiger partial charge in [-0.3, -0.25) is 0 Å². The van der Waals surface area contributed by atoms with Crippen LogP contribution in [0.2, 0.25) is 0 Å². The van der Waals surface area contributed by atoms with Gasteiger partial charge >= 0.3 is 0 Å². The number of aromatic nitrogens is 1. The highest BCUT2D eigenvalue weighted by Crippen LogP contribution is 2.38. The molecular formula is C32H22N2O. The van der Waals surface area contributed by atoms with Crippen molar-refractivity contribution in [2.75, 3.05) is 4.90 Å². The number of para-hydroxylation sites is 3. The first-order valence-electron chi connectivity index (χ1n) is 11.8. The highest BCUT2D eigenvalue weighted by molar-refractivity contribution is 6.17. The van der Waals surface area contributed by atoms with Crippen LogP contribution in [0.15, 0.2) is 138 Å². The molecule has 0 radical (unpaired) electrons. The summed E-state index contributed by atoms with van der Waals surface area (Å²) in [5, 5.41) is 3.53. The Kier molecular flexibility index (Phi) is 4.46. The van der Waals surface area contributed by atoms with Crippen molar-refractivity contribution in [2.45, 2.75) is 0 Å². The van der Waals surface area contributed by atoms with E-state index in [4.69, 9.17) is 4.42 Å². The minimum Gasteiger partial charge on any atom is -0.462 e. The molecule has 5 aromatic carbocycles. The van der Waals surface area contributed by atoms with Crippen molar-refractivity contribution in [1.29, 1.82) is 0 Å². The summed E-state index contributed by atoms with van der Waals surface area (Å²) in [5.74, 6) is 0. The molecule has 0 bridgehead atoms. The molecule has 3 heteroatoms. The van der Waals surface area contributed by atoms with Crippen LogP contribution in [0.4, 0.5) is 17.1 Å². The molecule has 0 aliphatic carbocycles. The van der Waals surface area contributed by atoms with Crippen LogP contribution in [-0.4, -0.2) is 4.57 Å². The molecule has 0 aliphatic rings. The molecular weight excluding hydrogens is 428 g/mol. The summed E-state index contributed by atoms with van der Waals surface area (Å²) in [5.41, 5.74) is 7.64. The van der Waals surface area contributed by atoms with E-state index >= 15 is 0 Å². The van der Waals surface area contributed by atoms with E-state index in [0.29, 0.717) is 0 Å². The number of furan rings is 1. The zero-order valence-electron chi connectivity index (χ0n) is 19.0. The van der Waals surface area contributed by atoms with Crippen molar-refractivity contribution in [3.63, 3.8) is 0 Å². The van der Waals surface area contributed by atoms with Gasteiger partial charge in [0.25, 0.3) is 0 Å². The number of hydrogen-bond donors (Lipinski definition) is 0. The van der Waals surface area contributed by atoms with Gasteiger partial charge in [0.1, 0.15) is 0 Å². The van der Waals surface area contributed by atoms with Gasteiger partial charge in [0.15, 0.2) is 5.58 Å². The second kappa shape index (κ2) is 7.93. The molecule has 2 aromatic heterocycles. The topological polar surface area (TPSA) is 21.3 Å². The van der Waals surface area contributed by atoms with Crippen LogP contribution in [0, 0.1) is 0 Å². The Labute approximate surface area is 203 Å². The van der Waals surface area contributed by atoms with Gasteiger partial charge in [-0.15, -0.1) is 0 Å². The summed E-state index contributed by atoms with van der Waals surface area (Å²) in [7, 11) is 0. The molecule has 7 rings (SSSR count). The van der Waals surface area contributed by atoms with Gasteiger partial charge in [-0.2, -0.15) is 0 Å². The van der Waals surface area contributed by atoms with E-state index in [1.807, 2.05) is 18.2 Å².